The third-order valence-electron chi connectivity index (χ3n) is 3.91. The number of rotatable bonds is 4. The van der Waals surface area contributed by atoms with Crippen LogP contribution in [0.5, 0.6) is 0 Å². The molecule has 0 saturated carbocycles. The molecular formula is C20H17BrN2O3. The zero-order chi connectivity index (χ0) is 18.7. The second-order valence-electron chi connectivity index (χ2n) is 5.81. The first-order valence-corrected chi connectivity index (χ1v) is 8.75. The standard InChI is InChI=1S/C20H17BrN2O3/c1-13-7-9-14(10-8-13)22-19(24)15-5-3-4-6-16(15)23(2)20(25)17-11-12-18(21)26-17/h3-12H,1-2H3,(H,22,24). The maximum atomic E-state index is 12.7. The van der Waals surface area contributed by atoms with E-state index in [9.17, 15) is 9.59 Å². The Kier molecular flexibility index (Phi) is 5.23. The van der Waals surface area contributed by atoms with Crippen molar-refractivity contribution in [3.05, 3.63) is 82.2 Å². The summed E-state index contributed by atoms with van der Waals surface area (Å²) in [7, 11) is 1.61. The molecule has 0 radical (unpaired) electrons. The van der Waals surface area contributed by atoms with E-state index in [1.807, 2.05) is 31.2 Å². The van der Waals surface area contributed by atoms with Gasteiger partial charge in [-0.05, 0) is 59.3 Å². The number of nitrogens with zero attached hydrogens (tertiary/aromatic N) is 1. The Bertz CT molecular complexity index is 948. The fraction of sp³-hybridized carbons (Fsp3) is 0.100. The minimum Gasteiger partial charge on any atom is -0.444 e. The van der Waals surface area contributed by atoms with Crippen LogP contribution in [0.2, 0.25) is 0 Å². The highest BCUT2D eigenvalue weighted by Gasteiger charge is 2.21. The average molecular weight is 413 g/mol. The van der Waals surface area contributed by atoms with Gasteiger partial charge in [0.15, 0.2) is 10.4 Å². The van der Waals surface area contributed by atoms with Gasteiger partial charge in [0, 0.05) is 12.7 Å². The molecule has 3 rings (SSSR count). The summed E-state index contributed by atoms with van der Waals surface area (Å²) in [4.78, 5) is 26.7. The maximum Gasteiger partial charge on any atom is 0.293 e. The first-order valence-electron chi connectivity index (χ1n) is 7.96. The molecule has 1 N–H and O–H groups in total. The molecule has 132 valence electrons. The summed E-state index contributed by atoms with van der Waals surface area (Å²) in [6.07, 6.45) is 0. The summed E-state index contributed by atoms with van der Waals surface area (Å²) < 4.78 is 5.79. The van der Waals surface area contributed by atoms with Crippen molar-refractivity contribution < 1.29 is 14.0 Å². The lowest BCUT2D eigenvalue weighted by Crippen LogP contribution is -2.28. The minimum atomic E-state index is -0.341. The molecule has 2 amide bonds. The van der Waals surface area contributed by atoms with Crippen LogP contribution in [0, 0.1) is 6.92 Å². The SMILES string of the molecule is Cc1ccc(NC(=O)c2ccccc2N(C)C(=O)c2ccc(Br)o2)cc1. The number of hydrogen-bond donors (Lipinski definition) is 1. The van der Waals surface area contributed by atoms with Crippen LogP contribution in [0.1, 0.15) is 26.5 Å². The highest BCUT2D eigenvalue weighted by Crippen LogP contribution is 2.24. The van der Waals surface area contributed by atoms with Crippen molar-refractivity contribution in [2.45, 2.75) is 6.92 Å². The minimum absolute atomic E-state index is 0.188. The Labute approximate surface area is 159 Å². The average Bonchev–Trinajstić information content (AvgIpc) is 3.08. The van der Waals surface area contributed by atoms with E-state index in [1.54, 1.807) is 43.4 Å². The number of aryl methyl sites for hydroxylation is 1. The quantitative estimate of drug-likeness (QED) is 0.663. The van der Waals surface area contributed by atoms with Crippen molar-refractivity contribution in [2.24, 2.45) is 0 Å². The molecule has 0 unspecified atom stereocenters. The molecule has 26 heavy (non-hydrogen) atoms. The smallest absolute Gasteiger partial charge is 0.293 e. The van der Waals surface area contributed by atoms with Gasteiger partial charge in [0.25, 0.3) is 11.8 Å². The largest absolute Gasteiger partial charge is 0.444 e. The van der Waals surface area contributed by atoms with Crippen molar-refractivity contribution >= 4 is 39.1 Å². The van der Waals surface area contributed by atoms with Gasteiger partial charge in [-0.15, -0.1) is 0 Å². The molecular weight excluding hydrogens is 396 g/mol. The zero-order valence-corrected chi connectivity index (χ0v) is 15.9. The summed E-state index contributed by atoms with van der Waals surface area (Å²) in [5.74, 6) is -0.441. The molecule has 1 heterocycles. The van der Waals surface area contributed by atoms with Gasteiger partial charge in [-0.1, -0.05) is 29.8 Å². The van der Waals surface area contributed by atoms with Gasteiger partial charge in [-0.2, -0.15) is 0 Å². The van der Waals surface area contributed by atoms with Crippen LogP contribution in [0.15, 0.2) is 69.8 Å². The van der Waals surface area contributed by atoms with E-state index in [4.69, 9.17) is 4.42 Å². The molecule has 0 saturated heterocycles. The molecule has 6 heteroatoms. The number of amides is 2. The number of carbonyl (C=O) groups excluding carboxylic acids is 2. The molecule has 0 aliphatic carbocycles. The number of nitrogens with one attached hydrogen (secondary N) is 1. The van der Waals surface area contributed by atoms with E-state index in [1.165, 1.54) is 4.90 Å². The third kappa shape index (κ3) is 3.86. The van der Waals surface area contributed by atoms with Gasteiger partial charge in [-0.3, -0.25) is 9.59 Å². The van der Waals surface area contributed by atoms with E-state index in [0.717, 1.165) is 5.56 Å². The highest BCUT2D eigenvalue weighted by atomic mass is 79.9. The number of hydrogen-bond acceptors (Lipinski definition) is 3. The summed E-state index contributed by atoms with van der Waals surface area (Å²) in [6.45, 7) is 1.98. The topological polar surface area (TPSA) is 62.6 Å². The number of benzene rings is 2. The van der Waals surface area contributed by atoms with E-state index in [-0.39, 0.29) is 17.6 Å². The van der Waals surface area contributed by atoms with Gasteiger partial charge in [0.1, 0.15) is 0 Å². The molecule has 0 bridgehead atoms. The van der Waals surface area contributed by atoms with Gasteiger partial charge in [0.05, 0.1) is 11.3 Å². The summed E-state index contributed by atoms with van der Waals surface area (Å²) in [5.41, 5.74) is 2.70. The van der Waals surface area contributed by atoms with Crippen molar-refractivity contribution in [1.29, 1.82) is 0 Å². The van der Waals surface area contributed by atoms with Crippen molar-refractivity contribution in [1.82, 2.24) is 0 Å². The predicted molar refractivity (Wildman–Crippen MR) is 105 cm³/mol. The van der Waals surface area contributed by atoms with E-state index >= 15 is 0 Å². The fourth-order valence-electron chi connectivity index (χ4n) is 2.50. The predicted octanol–water partition coefficient (Wildman–Crippen LogP) is 4.88. The Morgan fingerprint density at radius 3 is 2.35 bits per heavy atom. The van der Waals surface area contributed by atoms with E-state index in [2.05, 4.69) is 21.2 Å². The maximum absolute atomic E-state index is 12.7. The lowest BCUT2D eigenvalue weighted by Gasteiger charge is -2.19. The Balaban J connectivity index is 1.86. The lowest BCUT2D eigenvalue weighted by molar-refractivity contribution is 0.0965. The first kappa shape index (κ1) is 17.9. The Morgan fingerprint density at radius 1 is 1.00 bits per heavy atom. The van der Waals surface area contributed by atoms with E-state index in [0.29, 0.717) is 21.6 Å². The number of para-hydroxylation sites is 1. The van der Waals surface area contributed by atoms with Crippen molar-refractivity contribution in [2.75, 3.05) is 17.3 Å². The van der Waals surface area contributed by atoms with Gasteiger partial charge < -0.3 is 14.6 Å². The highest BCUT2D eigenvalue weighted by molar-refractivity contribution is 9.10. The Hall–Kier alpha value is -2.86. The number of anilines is 2. The van der Waals surface area contributed by atoms with Crippen molar-refractivity contribution in [3.63, 3.8) is 0 Å². The molecule has 0 aliphatic heterocycles. The monoisotopic (exact) mass is 412 g/mol. The van der Waals surface area contributed by atoms with Crippen LogP contribution in [0.4, 0.5) is 11.4 Å². The number of carbonyl (C=O) groups is 2. The van der Waals surface area contributed by atoms with Crippen LogP contribution in [0.25, 0.3) is 0 Å². The van der Waals surface area contributed by atoms with Crippen molar-refractivity contribution in [3.8, 4) is 0 Å². The number of halogens is 1. The third-order valence-corrected chi connectivity index (χ3v) is 4.33. The molecule has 0 aliphatic rings. The van der Waals surface area contributed by atoms with Crippen LogP contribution < -0.4 is 10.2 Å². The first-order chi connectivity index (χ1) is 12.5. The zero-order valence-electron chi connectivity index (χ0n) is 14.3. The van der Waals surface area contributed by atoms with Gasteiger partial charge in [0.2, 0.25) is 0 Å². The molecule has 5 nitrogen and oxygen atoms in total. The van der Waals surface area contributed by atoms with Gasteiger partial charge in [-0.25, -0.2) is 0 Å². The molecule has 2 aromatic carbocycles. The van der Waals surface area contributed by atoms with Crippen LogP contribution in [-0.4, -0.2) is 18.9 Å². The fourth-order valence-corrected chi connectivity index (χ4v) is 2.80. The molecule has 0 fully saturated rings. The second kappa shape index (κ2) is 7.58. The lowest BCUT2D eigenvalue weighted by atomic mass is 10.1. The number of furan rings is 1. The normalized spacial score (nSPS) is 10.4. The van der Waals surface area contributed by atoms with Crippen LogP contribution >= 0.6 is 15.9 Å². The van der Waals surface area contributed by atoms with Crippen LogP contribution in [0.3, 0.4) is 0 Å². The summed E-state index contributed by atoms with van der Waals surface area (Å²) >= 11 is 3.18. The molecule has 0 atom stereocenters. The molecule has 3 aromatic rings. The summed E-state index contributed by atoms with van der Waals surface area (Å²) in [5, 5.41) is 2.86. The van der Waals surface area contributed by atoms with E-state index < -0.39 is 0 Å². The summed E-state index contributed by atoms with van der Waals surface area (Å²) in [6, 6.07) is 17.7. The molecule has 0 spiro atoms. The van der Waals surface area contributed by atoms with Gasteiger partial charge >= 0.3 is 0 Å². The van der Waals surface area contributed by atoms with Crippen LogP contribution in [-0.2, 0) is 0 Å². The Morgan fingerprint density at radius 2 is 1.69 bits per heavy atom. The molecule has 1 aromatic heterocycles. The second-order valence-corrected chi connectivity index (χ2v) is 6.59.